The van der Waals surface area contributed by atoms with E-state index in [1.165, 1.54) is 6.20 Å². The number of nitrogens with zero attached hydrogens (tertiary/aromatic N) is 4. The van der Waals surface area contributed by atoms with Gasteiger partial charge in [-0.15, -0.1) is 11.6 Å². The second-order valence-corrected chi connectivity index (χ2v) is 5.10. The number of aromatic nitrogens is 1. The third-order valence-corrected chi connectivity index (χ3v) is 3.56. The Balaban J connectivity index is 1.99. The van der Waals surface area contributed by atoms with E-state index in [4.69, 9.17) is 16.9 Å². The van der Waals surface area contributed by atoms with Crippen LogP contribution in [0.15, 0.2) is 18.3 Å². The van der Waals surface area contributed by atoms with Gasteiger partial charge in [0, 0.05) is 38.3 Å². The highest BCUT2D eigenvalue weighted by molar-refractivity contribution is 6.18. The third kappa shape index (κ3) is 3.69. The van der Waals surface area contributed by atoms with E-state index in [-0.39, 0.29) is 5.91 Å². The lowest BCUT2D eigenvalue weighted by atomic mass is 10.2. The van der Waals surface area contributed by atoms with Gasteiger partial charge in [-0.25, -0.2) is 4.98 Å². The summed E-state index contributed by atoms with van der Waals surface area (Å²) < 4.78 is 0. The van der Waals surface area contributed by atoms with Crippen LogP contribution in [0.4, 0.5) is 0 Å². The van der Waals surface area contributed by atoms with Gasteiger partial charge in [-0.2, -0.15) is 5.26 Å². The molecular formula is C14H17ClN4O. The fourth-order valence-corrected chi connectivity index (χ4v) is 2.50. The molecule has 1 saturated heterocycles. The molecule has 1 fully saturated rings. The molecule has 1 aromatic rings. The van der Waals surface area contributed by atoms with E-state index in [1.807, 2.05) is 11.0 Å². The maximum Gasteiger partial charge on any atom is 0.272 e. The molecule has 5 nitrogen and oxygen atoms in total. The number of nitriles is 1. The molecule has 0 unspecified atom stereocenters. The Labute approximate surface area is 123 Å². The number of pyridine rings is 1. The molecule has 0 saturated carbocycles. The lowest BCUT2D eigenvalue weighted by molar-refractivity contribution is 0.0756. The Morgan fingerprint density at radius 2 is 2.20 bits per heavy atom. The fraction of sp³-hybridized carbons (Fsp3) is 0.500. The van der Waals surface area contributed by atoms with Crippen molar-refractivity contribution in [1.82, 2.24) is 14.8 Å². The number of hydrogen-bond acceptors (Lipinski definition) is 4. The lowest BCUT2D eigenvalue weighted by Gasteiger charge is -2.21. The minimum atomic E-state index is -0.0674. The van der Waals surface area contributed by atoms with Gasteiger partial charge in [-0.1, -0.05) is 0 Å². The van der Waals surface area contributed by atoms with Crippen LogP contribution in [0.5, 0.6) is 0 Å². The summed E-state index contributed by atoms with van der Waals surface area (Å²) in [6.45, 7) is 4.10. The van der Waals surface area contributed by atoms with Gasteiger partial charge < -0.3 is 9.80 Å². The zero-order valence-electron chi connectivity index (χ0n) is 11.3. The van der Waals surface area contributed by atoms with E-state index in [9.17, 15) is 4.79 Å². The summed E-state index contributed by atoms with van der Waals surface area (Å²) in [5.41, 5.74) is 0.862. The Hall–Kier alpha value is -1.64. The van der Waals surface area contributed by atoms with E-state index in [2.05, 4.69) is 9.88 Å². The summed E-state index contributed by atoms with van der Waals surface area (Å²) in [6.07, 6.45) is 2.38. The molecule has 0 radical (unpaired) electrons. The molecule has 2 heterocycles. The Morgan fingerprint density at radius 3 is 2.85 bits per heavy atom. The number of alkyl halides is 1. The quantitative estimate of drug-likeness (QED) is 0.789. The number of carbonyl (C=O) groups is 1. The van der Waals surface area contributed by atoms with Crippen LogP contribution in [0.1, 0.15) is 22.5 Å². The maximum atomic E-state index is 12.4. The average molecular weight is 293 g/mol. The van der Waals surface area contributed by atoms with E-state index in [0.29, 0.717) is 23.7 Å². The van der Waals surface area contributed by atoms with Gasteiger partial charge in [0.1, 0.15) is 11.8 Å². The molecule has 106 valence electrons. The van der Waals surface area contributed by atoms with E-state index in [0.717, 1.165) is 32.6 Å². The van der Waals surface area contributed by atoms with Crippen molar-refractivity contribution in [2.24, 2.45) is 0 Å². The Bertz CT molecular complexity index is 497. The molecule has 0 spiro atoms. The molecule has 1 amide bonds. The Kier molecular flexibility index (Phi) is 5.33. The van der Waals surface area contributed by atoms with E-state index in [1.54, 1.807) is 12.1 Å². The van der Waals surface area contributed by atoms with E-state index >= 15 is 0 Å². The summed E-state index contributed by atoms with van der Waals surface area (Å²) in [6, 6.07) is 5.23. The van der Waals surface area contributed by atoms with Crippen molar-refractivity contribution in [2.45, 2.75) is 6.42 Å². The van der Waals surface area contributed by atoms with Crippen LogP contribution >= 0.6 is 11.6 Å². The number of amides is 1. The van der Waals surface area contributed by atoms with Crippen LogP contribution in [0.3, 0.4) is 0 Å². The Morgan fingerprint density at radius 1 is 1.35 bits per heavy atom. The van der Waals surface area contributed by atoms with Gasteiger partial charge in [0.15, 0.2) is 0 Å². The first kappa shape index (κ1) is 14.8. The highest BCUT2D eigenvalue weighted by atomic mass is 35.5. The minimum absolute atomic E-state index is 0.0674. The first-order valence-electron chi connectivity index (χ1n) is 6.68. The van der Waals surface area contributed by atoms with Gasteiger partial charge in [0.25, 0.3) is 5.91 Å². The summed E-state index contributed by atoms with van der Waals surface area (Å²) in [4.78, 5) is 20.5. The number of carbonyl (C=O) groups excluding carboxylic acids is 1. The summed E-state index contributed by atoms with van der Waals surface area (Å²) in [7, 11) is 0. The molecular weight excluding hydrogens is 276 g/mol. The molecule has 20 heavy (non-hydrogen) atoms. The van der Waals surface area contributed by atoms with Gasteiger partial charge in [0.05, 0.1) is 5.56 Å². The van der Waals surface area contributed by atoms with Crippen molar-refractivity contribution >= 4 is 17.5 Å². The second-order valence-electron chi connectivity index (χ2n) is 4.72. The van der Waals surface area contributed by atoms with Crippen molar-refractivity contribution in [3.8, 4) is 6.07 Å². The molecule has 1 aliphatic heterocycles. The van der Waals surface area contributed by atoms with E-state index < -0.39 is 0 Å². The topological polar surface area (TPSA) is 60.2 Å². The maximum absolute atomic E-state index is 12.4. The molecule has 2 rings (SSSR count). The van der Waals surface area contributed by atoms with Crippen molar-refractivity contribution in [1.29, 1.82) is 5.26 Å². The predicted octanol–water partition coefficient (Wildman–Crippen LogP) is 1.34. The van der Waals surface area contributed by atoms with Gasteiger partial charge >= 0.3 is 0 Å². The van der Waals surface area contributed by atoms with Gasteiger partial charge in [-0.3, -0.25) is 4.79 Å². The SMILES string of the molecule is N#Cc1ccc(C(=O)N2CCCN(CCCl)CC2)nc1. The molecule has 1 aliphatic rings. The lowest BCUT2D eigenvalue weighted by Crippen LogP contribution is -2.36. The van der Waals surface area contributed by atoms with Crippen molar-refractivity contribution < 1.29 is 4.79 Å². The molecule has 1 aromatic heterocycles. The van der Waals surface area contributed by atoms with Crippen molar-refractivity contribution in [3.05, 3.63) is 29.6 Å². The van der Waals surface area contributed by atoms with Crippen LogP contribution in [0.2, 0.25) is 0 Å². The van der Waals surface area contributed by atoms with Gasteiger partial charge in [-0.05, 0) is 25.1 Å². The molecule has 0 N–H and O–H groups in total. The standard InChI is InChI=1S/C14H17ClN4O/c15-4-7-18-5-1-6-19(9-8-18)14(20)13-3-2-12(10-16)11-17-13/h2-3,11H,1,4-9H2. The average Bonchev–Trinajstić information content (AvgIpc) is 2.73. The predicted molar refractivity (Wildman–Crippen MR) is 76.6 cm³/mol. The number of halogens is 1. The smallest absolute Gasteiger partial charge is 0.272 e. The minimum Gasteiger partial charge on any atom is -0.336 e. The second kappa shape index (κ2) is 7.22. The summed E-state index contributed by atoms with van der Waals surface area (Å²) in [5, 5.41) is 8.73. The van der Waals surface area contributed by atoms with Crippen LogP contribution in [0.25, 0.3) is 0 Å². The van der Waals surface area contributed by atoms with Crippen molar-refractivity contribution in [2.75, 3.05) is 38.6 Å². The molecule has 0 bridgehead atoms. The molecule has 0 aliphatic carbocycles. The van der Waals surface area contributed by atoms with Crippen LogP contribution in [0, 0.1) is 11.3 Å². The van der Waals surface area contributed by atoms with Crippen LogP contribution in [-0.2, 0) is 0 Å². The first-order valence-corrected chi connectivity index (χ1v) is 7.22. The molecule has 0 atom stereocenters. The molecule has 6 heteroatoms. The zero-order valence-corrected chi connectivity index (χ0v) is 12.0. The zero-order chi connectivity index (χ0) is 14.4. The first-order chi connectivity index (χ1) is 9.74. The highest BCUT2D eigenvalue weighted by Gasteiger charge is 2.20. The number of rotatable bonds is 3. The highest BCUT2D eigenvalue weighted by Crippen LogP contribution is 2.08. The van der Waals surface area contributed by atoms with Crippen molar-refractivity contribution in [3.63, 3.8) is 0 Å². The third-order valence-electron chi connectivity index (χ3n) is 3.39. The fourth-order valence-electron chi connectivity index (χ4n) is 2.27. The largest absolute Gasteiger partial charge is 0.336 e. The number of hydrogen-bond donors (Lipinski definition) is 0. The van der Waals surface area contributed by atoms with Crippen LogP contribution in [-0.4, -0.2) is 59.3 Å². The molecule has 0 aromatic carbocycles. The summed E-state index contributed by atoms with van der Waals surface area (Å²) >= 11 is 5.75. The van der Waals surface area contributed by atoms with Gasteiger partial charge in [0.2, 0.25) is 0 Å². The summed E-state index contributed by atoms with van der Waals surface area (Å²) in [5.74, 6) is 0.549. The van der Waals surface area contributed by atoms with Crippen LogP contribution < -0.4 is 0 Å². The normalized spacial score (nSPS) is 16.5. The monoisotopic (exact) mass is 292 g/mol.